The lowest BCUT2D eigenvalue weighted by Gasteiger charge is -2.49. The van der Waals surface area contributed by atoms with Crippen LogP contribution in [0.15, 0.2) is 24.7 Å². The molecular weight excluding hydrogens is 432 g/mol. The number of anilines is 1. The fourth-order valence-electron chi connectivity index (χ4n) is 5.27. The first-order chi connectivity index (χ1) is 15.9. The molecule has 3 N–H and O–H groups in total. The van der Waals surface area contributed by atoms with Crippen molar-refractivity contribution in [1.82, 2.24) is 29.4 Å². The van der Waals surface area contributed by atoms with Crippen LogP contribution in [0.3, 0.4) is 0 Å². The molecule has 33 heavy (non-hydrogen) atoms. The number of halogens is 2. The Bertz CT molecular complexity index is 1410. The van der Waals surface area contributed by atoms with Gasteiger partial charge >= 0.3 is 5.97 Å². The molecule has 7 rings (SSSR count). The monoisotopic (exact) mass is 453 g/mol. The van der Waals surface area contributed by atoms with Crippen molar-refractivity contribution in [2.75, 3.05) is 18.4 Å². The zero-order chi connectivity index (χ0) is 22.9. The molecule has 3 aliphatic rings. The van der Waals surface area contributed by atoms with E-state index in [-0.39, 0.29) is 17.3 Å². The smallest absolute Gasteiger partial charge is 0.310 e. The van der Waals surface area contributed by atoms with Crippen LogP contribution in [0.5, 0.6) is 0 Å². The Morgan fingerprint density at radius 1 is 1.24 bits per heavy atom. The summed E-state index contributed by atoms with van der Waals surface area (Å²) in [6, 6.07) is 2.06. The van der Waals surface area contributed by atoms with Crippen molar-refractivity contribution in [3.8, 4) is 11.4 Å². The summed E-state index contributed by atoms with van der Waals surface area (Å²) in [6.07, 6.45) is 4.43. The average molecular weight is 453 g/mol. The molecule has 6 heterocycles. The van der Waals surface area contributed by atoms with Crippen molar-refractivity contribution in [2.24, 2.45) is 18.9 Å². The Hall–Kier alpha value is -3.60. The highest BCUT2D eigenvalue weighted by Gasteiger charge is 2.46. The second-order valence-corrected chi connectivity index (χ2v) is 8.76. The standard InChI is InChI=1S/C22H21F2N7O2/c1-30-9-26-17-19(29-20-15(22(32)33)10-2-4-31(20)5-3-10)27-18(28-21(17)30)13-8-25-16-12(13)6-11(23)7-14(16)24/h6-10,15,20,25H,2-5H2,1H3,(H,32,33)(H,27,28,29). The zero-order valence-electron chi connectivity index (χ0n) is 17.7. The number of hydrogen-bond acceptors (Lipinski definition) is 6. The predicted molar refractivity (Wildman–Crippen MR) is 116 cm³/mol. The van der Waals surface area contributed by atoms with Crippen LogP contribution in [-0.2, 0) is 11.8 Å². The lowest BCUT2D eigenvalue weighted by Crippen LogP contribution is -2.60. The molecular formula is C22H21F2N7O2. The molecule has 0 saturated carbocycles. The van der Waals surface area contributed by atoms with Crippen LogP contribution in [0.2, 0.25) is 0 Å². The van der Waals surface area contributed by atoms with E-state index in [2.05, 4.69) is 30.2 Å². The fraction of sp³-hybridized carbons (Fsp3) is 0.364. The van der Waals surface area contributed by atoms with Crippen molar-refractivity contribution in [1.29, 1.82) is 0 Å². The van der Waals surface area contributed by atoms with Gasteiger partial charge in [0.2, 0.25) is 0 Å². The topological polar surface area (TPSA) is 112 Å². The Balaban J connectivity index is 1.49. The van der Waals surface area contributed by atoms with E-state index in [1.165, 1.54) is 6.07 Å². The van der Waals surface area contributed by atoms with E-state index in [0.717, 1.165) is 32.0 Å². The summed E-state index contributed by atoms with van der Waals surface area (Å²) in [6.45, 7) is 1.63. The van der Waals surface area contributed by atoms with Gasteiger partial charge in [-0.25, -0.2) is 23.7 Å². The molecule has 0 radical (unpaired) electrons. The number of rotatable bonds is 4. The Morgan fingerprint density at radius 2 is 2.03 bits per heavy atom. The third-order valence-corrected chi connectivity index (χ3v) is 6.89. The molecule has 170 valence electrons. The van der Waals surface area contributed by atoms with Crippen LogP contribution in [0, 0.1) is 23.5 Å². The minimum atomic E-state index is -0.837. The SMILES string of the molecule is Cn1cnc2c(NC3C(C(=O)O)C4CCN3CC4)nc(-c3c[nH]c4c(F)cc(F)cc34)nc21. The lowest BCUT2D eigenvalue weighted by atomic mass is 9.76. The molecule has 0 spiro atoms. The summed E-state index contributed by atoms with van der Waals surface area (Å²) in [5.74, 6) is -2.05. The number of carboxylic acids is 1. The number of aromatic nitrogens is 5. The third-order valence-electron chi connectivity index (χ3n) is 6.89. The predicted octanol–water partition coefficient (Wildman–Crippen LogP) is 2.95. The molecule has 11 heteroatoms. The number of aliphatic carboxylic acids is 1. The number of H-pyrrole nitrogens is 1. The fourth-order valence-corrected chi connectivity index (χ4v) is 5.27. The number of carbonyl (C=O) groups is 1. The van der Waals surface area contributed by atoms with E-state index in [1.54, 1.807) is 24.1 Å². The summed E-state index contributed by atoms with van der Waals surface area (Å²) in [5.41, 5.74) is 1.63. The molecule has 0 amide bonds. The number of carboxylic acid groups (broad SMARTS) is 1. The Morgan fingerprint density at radius 3 is 2.79 bits per heavy atom. The van der Waals surface area contributed by atoms with E-state index in [9.17, 15) is 18.7 Å². The molecule has 3 aromatic heterocycles. The zero-order valence-corrected chi connectivity index (χ0v) is 17.7. The van der Waals surface area contributed by atoms with Crippen molar-refractivity contribution in [3.63, 3.8) is 0 Å². The number of hydrogen-bond donors (Lipinski definition) is 3. The molecule has 0 aliphatic carbocycles. The van der Waals surface area contributed by atoms with Gasteiger partial charge in [0.1, 0.15) is 11.6 Å². The highest BCUT2D eigenvalue weighted by atomic mass is 19.1. The van der Waals surface area contributed by atoms with Crippen molar-refractivity contribution >= 4 is 33.9 Å². The van der Waals surface area contributed by atoms with E-state index in [1.807, 2.05) is 0 Å². The summed E-state index contributed by atoms with van der Waals surface area (Å²) in [5, 5.41) is 13.6. The average Bonchev–Trinajstić information content (AvgIpc) is 3.38. The van der Waals surface area contributed by atoms with E-state index in [0.29, 0.717) is 27.9 Å². The maximum absolute atomic E-state index is 14.2. The number of fused-ring (bicyclic) bond motifs is 5. The van der Waals surface area contributed by atoms with Crippen LogP contribution < -0.4 is 5.32 Å². The second kappa shape index (κ2) is 7.20. The molecule has 3 aliphatic heterocycles. The first kappa shape index (κ1) is 20.0. The molecule has 4 aromatic rings. The number of benzene rings is 1. The van der Waals surface area contributed by atoms with Crippen LogP contribution in [0.4, 0.5) is 14.6 Å². The molecule has 2 atom stereocenters. The summed E-state index contributed by atoms with van der Waals surface area (Å²) in [7, 11) is 1.79. The first-order valence-electron chi connectivity index (χ1n) is 10.8. The van der Waals surface area contributed by atoms with Gasteiger partial charge in [-0.15, -0.1) is 0 Å². The number of imidazole rings is 1. The normalized spacial score (nSPS) is 24.6. The highest BCUT2D eigenvalue weighted by molar-refractivity contribution is 5.96. The van der Waals surface area contributed by atoms with E-state index < -0.39 is 29.7 Å². The Kier molecular flexibility index (Phi) is 4.37. The molecule has 3 saturated heterocycles. The second-order valence-electron chi connectivity index (χ2n) is 8.76. The van der Waals surface area contributed by atoms with Crippen LogP contribution in [0.25, 0.3) is 33.5 Å². The number of nitrogens with zero attached hydrogens (tertiary/aromatic N) is 5. The van der Waals surface area contributed by atoms with Gasteiger partial charge in [-0.2, -0.15) is 0 Å². The van der Waals surface area contributed by atoms with Crippen molar-refractivity contribution < 1.29 is 18.7 Å². The summed E-state index contributed by atoms with van der Waals surface area (Å²) < 4.78 is 29.9. The first-order valence-corrected chi connectivity index (χ1v) is 10.8. The van der Waals surface area contributed by atoms with Gasteiger partial charge in [-0.1, -0.05) is 0 Å². The Labute approximate surface area is 186 Å². The maximum Gasteiger partial charge on any atom is 0.310 e. The minimum Gasteiger partial charge on any atom is -0.481 e. The van der Waals surface area contributed by atoms with Gasteiger partial charge in [0.05, 0.1) is 23.9 Å². The van der Waals surface area contributed by atoms with Gasteiger partial charge in [-0.3, -0.25) is 9.69 Å². The van der Waals surface area contributed by atoms with Gasteiger partial charge in [0, 0.05) is 43.4 Å². The van der Waals surface area contributed by atoms with E-state index >= 15 is 0 Å². The van der Waals surface area contributed by atoms with Crippen molar-refractivity contribution in [2.45, 2.75) is 19.0 Å². The quantitative estimate of drug-likeness (QED) is 0.436. The van der Waals surface area contributed by atoms with Gasteiger partial charge in [-0.05, 0) is 24.8 Å². The highest BCUT2D eigenvalue weighted by Crippen LogP contribution is 2.38. The van der Waals surface area contributed by atoms with Gasteiger partial charge in [0.15, 0.2) is 22.8 Å². The minimum absolute atomic E-state index is 0.102. The van der Waals surface area contributed by atoms with Gasteiger partial charge in [0.25, 0.3) is 0 Å². The van der Waals surface area contributed by atoms with Crippen LogP contribution in [-0.4, -0.2) is 59.7 Å². The van der Waals surface area contributed by atoms with Gasteiger partial charge < -0.3 is 20.0 Å². The molecule has 2 unspecified atom stereocenters. The van der Waals surface area contributed by atoms with Crippen LogP contribution in [0.1, 0.15) is 12.8 Å². The van der Waals surface area contributed by atoms with Crippen molar-refractivity contribution in [3.05, 3.63) is 36.3 Å². The lowest BCUT2D eigenvalue weighted by molar-refractivity contribution is -0.151. The summed E-state index contributed by atoms with van der Waals surface area (Å²) in [4.78, 5) is 30.7. The molecule has 1 aromatic carbocycles. The van der Waals surface area contributed by atoms with E-state index in [4.69, 9.17) is 0 Å². The molecule has 2 bridgehead atoms. The summed E-state index contributed by atoms with van der Waals surface area (Å²) >= 11 is 0. The number of aromatic amines is 1. The molecule has 3 fully saturated rings. The number of nitrogens with one attached hydrogen (secondary N) is 2. The largest absolute Gasteiger partial charge is 0.481 e. The maximum atomic E-state index is 14.2. The van der Waals surface area contributed by atoms with Crippen LogP contribution >= 0.6 is 0 Å². The molecule has 9 nitrogen and oxygen atoms in total. The number of piperidine rings is 3. The number of aryl methyl sites for hydroxylation is 1. The third kappa shape index (κ3) is 3.06.